The van der Waals surface area contributed by atoms with Crippen LogP contribution in [-0.2, 0) is 78.4 Å². The van der Waals surface area contributed by atoms with Crippen LogP contribution in [0.2, 0.25) is 0 Å². The van der Waals surface area contributed by atoms with Gasteiger partial charge in [0.2, 0.25) is 0 Å². The number of nitrogens with zero attached hydrogens (tertiary/aromatic N) is 11. The van der Waals surface area contributed by atoms with Crippen molar-refractivity contribution in [2.75, 3.05) is 32.9 Å². The van der Waals surface area contributed by atoms with Gasteiger partial charge in [0, 0.05) is 117 Å². The minimum atomic E-state index is -0.0666. The summed E-state index contributed by atoms with van der Waals surface area (Å²) in [5.41, 5.74) is 28.0. The van der Waals surface area contributed by atoms with Gasteiger partial charge in [0.15, 0.2) is 17.7 Å². The summed E-state index contributed by atoms with van der Waals surface area (Å²) in [6.45, 7) is 18.2. The van der Waals surface area contributed by atoms with Gasteiger partial charge < -0.3 is 29.3 Å². The highest BCUT2D eigenvalue weighted by molar-refractivity contribution is 5.84. The maximum absolute atomic E-state index is 5.67. The van der Waals surface area contributed by atoms with Crippen molar-refractivity contribution in [3.05, 3.63) is 251 Å². The number of amidine groups is 2. The molecule has 0 saturated carbocycles. The summed E-state index contributed by atoms with van der Waals surface area (Å²) in [6, 6.07) is 41.0. The molecule has 0 bridgehead atoms. The number of pyridine rings is 2. The van der Waals surface area contributed by atoms with Crippen molar-refractivity contribution in [2.45, 2.75) is 172 Å². The molecule has 5 aliphatic heterocycles. The van der Waals surface area contributed by atoms with E-state index >= 15 is 0 Å². The van der Waals surface area contributed by atoms with Gasteiger partial charge in [0.1, 0.15) is 54.9 Å². The fraction of sp³-hybridized carbons (Fsp3) is 0.360. The van der Waals surface area contributed by atoms with Gasteiger partial charge in [0.25, 0.3) is 0 Å². The average molecular weight is 1410 g/mol. The lowest BCUT2D eigenvalue weighted by Crippen LogP contribution is -2.49. The summed E-state index contributed by atoms with van der Waals surface area (Å²) in [4.78, 5) is 48.7. The number of ether oxygens (including phenoxy) is 3. The molecule has 0 saturated heterocycles. The van der Waals surface area contributed by atoms with Crippen molar-refractivity contribution in [3.63, 3.8) is 0 Å². The topological polar surface area (TPSA) is 204 Å². The van der Waals surface area contributed by atoms with E-state index in [2.05, 4.69) is 181 Å². The molecule has 10 aromatic rings. The Hall–Kier alpha value is -10.8. The third-order valence-electron chi connectivity index (χ3n) is 23.4. The lowest BCUT2D eigenvalue weighted by molar-refractivity contribution is 0.236. The molecular formula is C89H93N13O4. The van der Waals surface area contributed by atoms with Crippen LogP contribution in [0.4, 0.5) is 0 Å². The first kappa shape index (κ1) is 69.6. The van der Waals surface area contributed by atoms with E-state index in [1.807, 2.05) is 82.5 Å². The summed E-state index contributed by atoms with van der Waals surface area (Å²) in [7, 11) is 0. The van der Waals surface area contributed by atoms with Crippen LogP contribution in [-0.4, -0.2) is 120 Å². The standard InChI is InChI=1S/2C19H20N2O.C17H18N4.C17H17N3O.C17H18N2O/c2*1-13-7-9-20-11-18(13)16-5-3-4-15-6-8-19(10-17(15)16)12-22-14(2)21-19;1-12-20-10-17(21-12)6-5-16-13(7-17)3-2-4-15(16)14-8-18-11-19-9-14;1-12-20-17(10-21-12)6-5-13-3-2-4-15(16(13)7-17)14-8-18-11-19-9-14;1-12-18-11-17(19-12)8-7-14-13(10-17)4-2-5-15(14)16-6-3-9-20-16/h2*3-5,7,9,11H,6,8,10,12H2,1-2H3;2-4,8-9,11H,5-7,10H2,1H3,(H,20,21);2-4,8-9,11H,5-7,10H2,1H3;2-6,9H,7-8,10-11H2,1H3,(H,18,19)/t2*19-;3*17-/m10101/s1. The molecule has 2 N–H and O–H groups in total. The van der Waals surface area contributed by atoms with E-state index in [9.17, 15) is 0 Å². The highest BCUT2D eigenvalue weighted by Crippen LogP contribution is 2.45. The highest BCUT2D eigenvalue weighted by atomic mass is 16.5. The number of aliphatic imine (C=N–C) groups is 5. The Kier molecular flexibility index (Phi) is 19.2. The Labute approximate surface area is 621 Å². The zero-order valence-corrected chi connectivity index (χ0v) is 62.0. The normalized spacial score (nSPS) is 23.5. The smallest absolute Gasteiger partial charge is 0.180 e. The molecule has 17 nitrogen and oxygen atoms in total. The second kappa shape index (κ2) is 29.3. The molecule has 5 spiro atoms. The van der Waals surface area contributed by atoms with E-state index in [0.29, 0.717) is 6.61 Å². The van der Waals surface area contributed by atoms with Crippen LogP contribution in [0.1, 0.15) is 133 Å². The number of rotatable bonds is 5. The fourth-order valence-corrected chi connectivity index (χ4v) is 18.0. The molecule has 5 atom stereocenters. The van der Waals surface area contributed by atoms with Crippen molar-refractivity contribution < 1.29 is 18.6 Å². The fourth-order valence-electron chi connectivity index (χ4n) is 18.0. The van der Waals surface area contributed by atoms with Crippen molar-refractivity contribution in [1.82, 2.24) is 40.5 Å². The summed E-state index contributed by atoms with van der Waals surface area (Å²) in [5.74, 6) is 5.61. The highest BCUT2D eigenvalue weighted by Gasteiger charge is 2.44. The lowest BCUT2D eigenvalue weighted by atomic mass is 9.76. The zero-order valence-electron chi connectivity index (χ0n) is 62.0. The third-order valence-corrected chi connectivity index (χ3v) is 23.4. The Morgan fingerprint density at radius 2 is 0.726 bits per heavy atom. The van der Waals surface area contributed by atoms with Crippen molar-refractivity contribution in [1.29, 1.82) is 0 Å². The Morgan fingerprint density at radius 3 is 1.10 bits per heavy atom. The predicted octanol–water partition coefficient (Wildman–Crippen LogP) is 15.9. The van der Waals surface area contributed by atoms with Gasteiger partial charge in [0.05, 0.1) is 42.1 Å². The van der Waals surface area contributed by atoms with Crippen LogP contribution in [0, 0.1) is 13.8 Å². The quantitative estimate of drug-likeness (QED) is 0.165. The van der Waals surface area contributed by atoms with Gasteiger partial charge in [-0.1, -0.05) is 91.0 Å². The van der Waals surface area contributed by atoms with Gasteiger partial charge in [-0.25, -0.2) is 34.9 Å². The number of hydrogen-bond donors (Lipinski definition) is 2. The number of fused-ring (bicyclic) bond motifs is 5. The van der Waals surface area contributed by atoms with E-state index in [1.165, 1.54) is 106 Å². The first-order chi connectivity index (χ1) is 51.6. The lowest BCUT2D eigenvalue weighted by Gasteiger charge is -2.35. The zero-order chi connectivity index (χ0) is 72.5. The number of aromatic nitrogens is 6. The van der Waals surface area contributed by atoms with Crippen LogP contribution >= 0.6 is 0 Å². The largest absolute Gasteiger partial charge is 0.479 e. The first-order valence-corrected chi connectivity index (χ1v) is 37.7. The number of benzene rings is 5. The Morgan fingerprint density at radius 1 is 0.340 bits per heavy atom. The molecule has 0 radical (unpaired) electrons. The van der Waals surface area contributed by atoms with E-state index in [0.717, 1.165) is 169 Å². The van der Waals surface area contributed by atoms with E-state index in [4.69, 9.17) is 33.6 Å². The molecule has 20 rings (SSSR count). The minimum Gasteiger partial charge on any atom is -0.479 e. The van der Waals surface area contributed by atoms with Crippen LogP contribution < -0.4 is 10.6 Å². The molecule has 10 heterocycles. The van der Waals surface area contributed by atoms with E-state index in [-0.39, 0.29) is 27.7 Å². The van der Waals surface area contributed by atoms with Crippen molar-refractivity contribution in [2.24, 2.45) is 25.0 Å². The maximum Gasteiger partial charge on any atom is 0.180 e. The molecule has 0 fully saturated rings. The van der Waals surface area contributed by atoms with Crippen LogP contribution in [0.15, 0.2) is 213 Å². The van der Waals surface area contributed by atoms with Gasteiger partial charge >= 0.3 is 0 Å². The van der Waals surface area contributed by atoms with Gasteiger partial charge in [-0.2, -0.15) is 0 Å². The molecule has 10 aliphatic rings. The molecule has 5 aromatic carbocycles. The second-order valence-electron chi connectivity index (χ2n) is 30.8. The van der Waals surface area contributed by atoms with Crippen molar-refractivity contribution >= 4 is 29.4 Å². The molecule has 0 amide bonds. The predicted molar refractivity (Wildman–Crippen MR) is 421 cm³/mol. The monoisotopic (exact) mass is 1410 g/mol. The van der Waals surface area contributed by atoms with Crippen LogP contribution in [0.5, 0.6) is 0 Å². The van der Waals surface area contributed by atoms with Crippen molar-refractivity contribution in [3.8, 4) is 55.8 Å². The molecule has 538 valence electrons. The first-order valence-electron chi connectivity index (χ1n) is 37.7. The molecular weight excluding hydrogens is 1320 g/mol. The van der Waals surface area contributed by atoms with E-state index in [1.54, 1.807) is 18.9 Å². The number of nitrogens with one attached hydrogen (secondary N) is 2. The summed E-state index contributed by atoms with van der Waals surface area (Å²) >= 11 is 0. The van der Waals surface area contributed by atoms with Gasteiger partial charge in [-0.15, -0.1) is 0 Å². The molecule has 5 aliphatic carbocycles. The molecule has 5 aromatic heterocycles. The van der Waals surface area contributed by atoms with Gasteiger partial charge in [-0.3, -0.25) is 20.0 Å². The van der Waals surface area contributed by atoms with Gasteiger partial charge in [-0.05, 0) is 218 Å². The average Bonchev–Trinajstić information content (AvgIpc) is 0.915. The Bertz CT molecular complexity index is 4960. The Balaban J connectivity index is 0.000000102. The number of hydrogen-bond acceptors (Lipinski definition) is 17. The molecule has 106 heavy (non-hydrogen) atoms. The summed E-state index contributed by atoms with van der Waals surface area (Å²) < 4.78 is 22.5. The summed E-state index contributed by atoms with van der Waals surface area (Å²) in [5, 5.41) is 7.19. The maximum atomic E-state index is 5.67. The number of aryl methyl sites for hydroxylation is 5. The van der Waals surface area contributed by atoms with Crippen LogP contribution in [0.3, 0.4) is 0 Å². The third kappa shape index (κ3) is 14.4. The second-order valence-corrected chi connectivity index (χ2v) is 30.8. The van der Waals surface area contributed by atoms with E-state index < -0.39 is 0 Å². The minimum absolute atomic E-state index is 0.0523. The van der Waals surface area contributed by atoms with Crippen LogP contribution in [0.25, 0.3) is 55.8 Å². The number of furan rings is 1. The molecule has 17 heteroatoms. The molecule has 0 unspecified atom stereocenters. The SMILES string of the molecule is CC1=NC[C@]2(CCc3c(cccc3-c3ccco3)C2)N1.CC1=NC[C@]2(CCc3c(cccc3-c3cncnc3)C2)N1.CC1=N[C@@]2(CCc3cccc(-c4cnccc4C)c3C2)CO1.CC1=N[C@]2(CCc3cccc(-c4cnccc4C)c3C2)CO1.CC1=N[C@]2(CCc3cccc(-c4cncnc4)c3C2)CO1. The summed E-state index contributed by atoms with van der Waals surface area (Å²) in [6.07, 6.45) is 35.9.